The fourth-order valence-electron chi connectivity index (χ4n) is 1.58. The Bertz CT molecular complexity index is 314. The number of carbonyl (C=O) groups is 2. The van der Waals surface area contributed by atoms with E-state index in [0.29, 0.717) is 18.9 Å². The zero-order valence-electron chi connectivity index (χ0n) is 11.4. The number of amides is 1. The number of hydrogen-bond acceptors (Lipinski definition) is 5. The van der Waals surface area contributed by atoms with Crippen molar-refractivity contribution in [2.45, 2.75) is 39.3 Å². The van der Waals surface area contributed by atoms with Gasteiger partial charge < -0.3 is 9.47 Å². The van der Waals surface area contributed by atoms with Gasteiger partial charge in [0.05, 0.1) is 6.61 Å². The van der Waals surface area contributed by atoms with E-state index in [1.54, 1.807) is 18.7 Å². The Kier molecular flexibility index (Phi) is 5.31. The van der Waals surface area contributed by atoms with E-state index < -0.39 is 17.7 Å². The lowest BCUT2D eigenvalue weighted by atomic mass is 10.2. The van der Waals surface area contributed by atoms with Crippen molar-refractivity contribution in [1.82, 2.24) is 4.90 Å². The lowest BCUT2D eigenvalue weighted by Gasteiger charge is -2.34. The van der Waals surface area contributed by atoms with Gasteiger partial charge in [-0.25, -0.2) is 9.59 Å². The molecule has 1 aliphatic heterocycles. The minimum Gasteiger partial charge on any atom is -0.464 e. The van der Waals surface area contributed by atoms with Gasteiger partial charge in [-0.15, -0.1) is 0 Å². The average Bonchev–Trinajstić information content (AvgIpc) is 2.27. The van der Waals surface area contributed by atoms with Crippen LogP contribution in [-0.4, -0.2) is 53.3 Å². The molecule has 18 heavy (non-hydrogen) atoms. The monoisotopic (exact) mass is 275 g/mol. The number of rotatable bonds is 2. The van der Waals surface area contributed by atoms with Crippen LogP contribution >= 0.6 is 11.8 Å². The molecule has 1 aliphatic rings. The molecule has 1 saturated heterocycles. The summed E-state index contributed by atoms with van der Waals surface area (Å²) >= 11 is 1.65. The molecule has 6 heteroatoms. The van der Waals surface area contributed by atoms with Crippen molar-refractivity contribution >= 4 is 23.8 Å². The molecule has 1 fully saturated rings. The molecule has 0 spiro atoms. The summed E-state index contributed by atoms with van der Waals surface area (Å²) in [4.78, 5) is 25.3. The van der Waals surface area contributed by atoms with Crippen LogP contribution in [0.25, 0.3) is 0 Å². The largest absolute Gasteiger partial charge is 0.464 e. The van der Waals surface area contributed by atoms with E-state index in [4.69, 9.17) is 9.47 Å². The highest BCUT2D eigenvalue weighted by Gasteiger charge is 2.35. The third-order valence-electron chi connectivity index (χ3n) is 2.32. The summed E-state index contributed by atoms with van der Waals surface area (Å²) in [6, 6.07) is -0.529. The Morgan fingerprint density at radius 1 is 1.39 bits per heavy atom. The van der Waals surface area contributed by atoms with Crippen LogP contribution in [0.5, 0.6) is 0 Å². The number of thioether (sulfide) groups is 1. The number of esters is 1. The highest BCUT2D eigenvalue weighted by Crippen LogP contribution is 2.20. The molecule has 0 aliphatic carbocycles. The summed E-state index contributed by atoms with van der Waals surface area (Å²) in [5.41, 5.74) is -0.555. The summed E-state index contributed by atoms with van der Waals surface area (Å²) < 4.78 is 10.3. The summed E-state index contributed by atoms with van der Waals surface area (Å²) in [5, 5.41) is 0. The van der Waals surface area contributed by atoms with Crippen LogP contribution in [0.4, 0.5) is 4.79 Å². The third kappa shape index (κ3) is 4.40. The smallest absolute Gasteiger partial charge is 0.411 e. The van der Waals surface area contributed by atoms with Gasteiger partial charge in [-0.3, -0.25) is 4.90 Å². The lowest BCUT2D eigenvalue weighted by Crippen LogP contribution is -2.52. The SMILES string of the molecule is CCOC(=O)C1CSCCN1C(=O)OC(C)(C)C. The van der Waals surface area contributed by atoms with Gasteiger partial charge in [0.2, 0.25) is 0 Å². The molecule has 0 radical (unpaired) electrons. The van der Waals surface area contributed by atoms with Crippen molar-refractivity contribution in [2.24, 2.45) is 0 Å². The van der Waals surface area contributed by atoms with E-state index in [0.717, 1.165) is 5.75 Å². The first-order valence-corrected chi connectivity index (χ1v) is 7.24. The van der Waals surface area contributed by atoms with Crippen LogP contribution in [0.1, 0.15) is 27.7 Å². The maximum absolute atomic E-state index is 12.0. The Balaban J connectivity index is 2.70. The molecule has 0 aromatic heterocycles. The normalized spacial score (nSPS) is 20.4. The minimum absolute atomic E-state index is 0.322. The standard InChI is InChI=1S/C12H21NO4S/c1-5-16-10(14)9-8-18-7-6-13(9)11(15)17-12(2,3)4/h9H,5-8H2,1-4H3. The quantitative estimate of drug-likeness (QED) is 0.720. The van der Waals surface area contributed by atoms with Gasteiger partial charge in [-0.05, 0) is 27.7 Å². The first kappa shape index (κ1) is 15.1. The van der Waals surface area contributed by atoms with E-state index in [9.17, 15) is 9.59 Å². The van der Waals surface area contributed by atoms with Crippen molar-refractivity contribution in [1.29, 1.82) is 0 Å². The Labute approximate surface area is 112 Å². The summed E-state index contributed by atoms with van der Waals surface area (Å²) in [6.45, 7) is 8.02. The molecule has 0 N–H and O–H groups in total. The van der Waals surface area contributed by atoms with Crippen LogP contribution < -0.4 is 0 Å². The van der Waals surface area contributed by atoms with Gasteiger partial charge in [0.25, 0.3) is 0 Å². The first-order valence-electron chi connectivity index (χ1n) is 6.09. The molecular weight excluding hydrogens is 254 g/mol. The molecule has 1 atom stereocenters. The van der Waals surface area contributed by atoms with Crippen LogP contribution in [0.3, 0.4) is 0 Å². The van der Waals surface area contributed by atoms with Gasteiger partial charge in [0.1, 0.15) is 11.6 Å². The molecule has 5 nitrogen and oxygen atoms in total. The van der Waals surface area contributed by atoms with Gasteiger partial charge in [-0.2, -0.15) is 11.8 Å². The van der Waals surface area contributed by atoms with Gasteiger partial charge >= 0.3 is 12.1 Å². The summed E-state index contributed by atoms with van der Waals surface area (Å²) in [5.74, 6) is 1.03. The molecule has 1 unspecified atom stereocenters. The lowest BCUT2D eigenvalue weighted by molar-refractivity contribution is -0.148. The van der Waals surface area contributed by atoms with Gasteiger partial charge in [0, 0.05) is 18.1 Å². The Hall–Kier alpha value is -0.910. The molecule has 1 amide bonds. The van der Waals surface area contributed by atoms with E-state index in [1.807, 2.05) is 20.8 Å². The predicted molar refractivity (Wildman–Crippen MR) is 70.7 cm³/mol. The van der Waals surface area contributed by atoms with Crippen LogP contribution in [0, 0.1) is 0 Å². The minimum atomic E-state index is -0.555. The molecular formula is C12H21NO4S. The average molecular weight is 275 g/mol. The molecule has 1 rings (SSSR count). The fourth-order valence-corrected chi connectivity index (χ4v) is 2.61. The number of ether oxygens (including phenoxy) is 2. The van der Waals surface area contributed by atoms with Crippen molar-refractivity contribution in [3.8, 4) is 0 Å². The molecule has 1 heterocycles. The van der Waals surface area contributed by atoms with Crippen molar-refractivity contribution in [2.75, 3.05) is 24.7 Å². The van der Waals surface area contributed by atoms with E-state index in [-0.39, 0.29) is 5.97 Å². The molecule has 0 saturated carbocycles. The van der Waals surface area contributed by atoms with Gasteiger partial charge in [-0.1, -0.05) is 0 Å². The molecule has 0 aromatic carbocycles. The summed E-state index contributed by atoms with van der Waals surface area (Å²) in [6.07, 6.45) is -0.444. The van der Waals surface area contributed by atoms with Crippen molar-refractivity contribution in [3.63, 3.8) is 0 Å². The predicted octanol–water partition coefficient (Wildman–Crippen LogP) is 1.90. The second-order valence-electron chi connectivity index (χ2n) is 5.02. The topological polar surface area (TPSA) is 55.8 Å². The number of hydrogen-bond donors (Lipinski definition) is 0. The first-order chi connectivity index (χ1) is 8.35. The second kappa shape index (κ2) is 6.31. The van der Waals surface area contributed by atoms with Crippen LogP contribution in [0.15, 0.2) is 0 Å². The number of nitrogens with zero attached hydrogens (tertiary/aromatic N) is 1. The van der Waals surface area contributed by atoms with Gasteiger partial charge in [0.15, 0.2) is 0 Å². The zero-order valence-corrected chi connectivity index (χ0v) is 12.2. The Morgan fingerprint density at radius 3 is 2.61 bits per heavy atom. The van der Waals surface area contributed by atoms with Crippen molar-refractivity contribution in [3.05, 3.63) is 0 Å². The van der Waals surface area contributed by atoms with Crippen LogP contribution in [0.2, 0.25) is 0 Å². The van der Waals surface area contributed by atoms with E-state index in [2.05, 4.69) is 0 Å². The van der Waals surface area contributed by atoms with Crippen molar-refractivity contribution < 1.29 is 19.1 Å². The highest BCUT2D eigenvalue weighted by molar-refractivity contribution is 7.99. The molecule has 104 valence electrons. The number of carbonyl (C=O) groups excluding carboxylic acids is 2. The van der Waals surface area contributed by atoms with Crippen LogP contribution in [-0.2, 0) is 14.3 Å². The maximum atomic E-state index is 12.0. The third-order valence-corrected chi connectivity index (χ3v) is 3.34. The van der Waals surface area contributed by atoms with E-state index >= 15 is 0 Å². The summed E-state index contributed by atoms with van der Waals surface area (Å²) in [7, 11) is 0. The highest BCUT2D eigenvalue weighted by atomic mass is 32.2. The van der Waals surface area contributed by atoms with E-state index in [1.165, 1.54) is 4.90 Å². The molecule has 0 aromatic rings. The second-order valence-corrected chi connectivity index (χ2v) is 6.17. The zero-order chi connectivity index (χ0) is 13.8. The maximum Gasteiger partial charge on any atom is 0.411 e. The fraction of sp³-hybridized carbons (Fsp3) is 0.833. The Morgan fingerprint density at radius 2 is 2.06 bits per heavy atom. The molecule has 0 bridgehead atoms.